The van der Waals surface area contributed by atoms with E-state index in [1.54, 1.807) is 31.4 Å². The molecule has 1 atom stereocenters. The average Bonchev–Trinajstić information content (AvgIpc) is 3.16. The quantitative estimate of drug-likeness (QED) is 0.324. The molecule has 0 aliphatic rings. The van der Waals surface area contributed by atoms with Crippen LogP contribution in [0.25, 0.3) is 17.1 Å². The zero-order valence-corrected chi connectivity index (χ0v) is 16.4. The number of nitrogens with zero attached hydrogens (tertiary/aromatic N) is 2. The number of hydrogen-bond acceptors (Lipinski definition) is 3. The summed E-state index contributed by atoms with van der Waals surface area (Å²) < 4.78 is 7.38. The molecule has 0 radical (unpaired) electrons. The zero-order valence-electron chi connectivity index (χ0n) is 16.4. The van der Waals surface area contributed by atoms with E-state index in [0.717, 1.165) is 16.9 Å². The summed E-state index contributed by atoms with van der Waals surface area (Å²) in [5.41, 5.74) is 3.71. The molecule has 3 aromatic carbocycles. The smallest absolute Gasteiger partial charge is 0.186 e. The largest absolute Gasteiger partial charge is 0.497 e. The topological polar surface area (TPSA) is 44.1 Å². The molecule has 4 aromatic rings. The van der Waals surface area contributed by atoms with Gasteiger partial charge in [-0.15, -0.1) is 0 Å². The Bertz CT molecular complexity index is 1180. The van der Waals surface area contributed by atoms with Gasteiger partial charge in [-0.25, -0.2) is 4.98 Å². The maximum atomic E-state index is 12.7. The highest BCUT2D eigenvalue weighted by Gasteiger charge is 2.16. The minimum Gasteiger partial charge on any atom is -0.497 e. The van der Waals surface area contributed by atoms with Crippen molar-refractivity contribution in [3.63, 3.8) is 0 Å². The Labute approximate surface area is 170 Å². The average molecular weight is 382 g/mol. The Morgan fingerprint density at radius 2 is 1.76 bits per heavy atom. The first kappa shape index (κ1) is 18.7. The monoisotopic (exact) mass is 382 g/mol. The molecule has 0 amide bonds. The minimum atomic E-state index is -0.0881. The fourth-order valence-electron chi connectivity index (χ4n) is 3.49. The zero-order chi connectivity index (χ0) is 20.2. The highest BCUT2D eigenvalue weighted by Crippen LogP contribution is 2.26. The Kier molecular flexibility index (Phi) is 5.25. The normalized spacial score (nSPS) is 12.3. The van der Waals surface area contributed by atoms with Crippen LogP contribution in [0.1, 0.15) is 34.7 Å². The number of fused-ring (bicyclic) bond motifs is 1. The van der Waals surface area contributed by atoms with Crippen molar-refractivity contribution in [3.05, 3.63) is 102 Å². The Balaban J connectivity index is 1.73. The van der Waals surface area contributed by atoms with Gasteiger partial charge in [0.05, 0.1) is 24.2 Å². The van der Waals surface area contributed by atoms with Crippen molar-refractivity contribution in [2.75, 3.05) is 7.11 Å². The predicted molar refractivity (Wildman–Crippen MR) is 116 cm³/mol. The lowest BCUT2D eigenvalue weighted by molar-refractivity contribution is 0.104. The highest BCUT2D eigenvalue weighted by atomic mass is 16.5. The van der Waals surface area contributed by atoms with Crippen LogP contribution in [0.5, 0.6) is 5.75 Å². The molecule has 0 bridgehead atoms. The van der Waals surface area contributed by atoms with Crippen LogP contribution < -0.4 is 4.74 Å². The summed E-state index contributed by atoms with van der Waals surface area (Å²) >= 11 is 0. The predicted octanol–water partition coefficient (Wildman–Crippen LogP) is 5.55. The molecule has 29 heavy (non-hydrogen) atoms. The molecule has 0 aliphatic heterocycles. The van der Waals surface area contributed by atoms with Crippen LogP contribution in [-0.2, 0) is 0 Å². The van der Waals surface area contributed by atoms with Gasteiger partial charge in [0.15, 0.2) is 5.78 Å². The van der Waals surface area contributed by atoms with Crippen LogP contribution in [0.3, 0.4) is 0 Å². The van der Waals surface area contributed by atoms with Crippen LogP contribution in [-0.4, -0.2) is 22.4 Å². The SMILES string of the molecule is COc1cccc(C(=O)/C=C/c2nc3ccccc3n2C(C)c2ccccc2)c1. The fourth-order valence-corrected chi connectivity index (χ4v) is 3.49. The van der Waals surface area contributed by atoms with E-state index in [0.29, 0.717) is 11.3 Å². The molecular formula is C25H22N2O2. The van der Waals surface area contributed by atoms with Gasteiger partial charge in [0.25, 0.3) is 0 Å². The summed E-state index contributed by atoms with van der Waals surface area (Å²) in [6.45, 7) is 2.14. The number of imidazole rings is 1. The first-order chi connectivity index (χ1) is 14.2. The van der Waals surface area contributed by atoms with E-state index in [2.05, 4.69) is 29.7 Å². The van der Waals surface area contributed by atoms with Crippen molar-refractivity contribution in [3.8, 4) is 5.75 Å². The van der Waals surface area contributed by atoms with E-state index in [1.165, 1.54) is 5.56 Å². The van der Waals surface area contributed by atoms with Gasteiger partial charge < -0.3 is 9.30 Å². The first-order valence-electron chi connectivity index (χ1n) is 9.56. The number of rotatable bonds is 6. The molecule has 0 N–H and O–H groups in total. The van der Waals surface area contributed by atoms with Crippen LogP contribution >= 0.6 is 0 Å². The molecule has 4 nitrogen and oxygen atoms in total. The molecule has 0 spiro atoms. The Morgan fingerprint density at radius 3 is 2.55 bits per heavy atom. The number of hydrogen-bond donors (Lipinski definition) is 0. The van der Waals surface area contributed by atoms with Crippen molar-refractivity contribution < 1.29 is 9.53 Å². The maximum Gasteiger partial charge on any atom is 0.186 e. The van der Waals surface area contributed by atoms with E-state index >= 15 is 0 Å². The molecule has 0 saturated heterocycles. The van der Waals surface area contributed by atoms with Crippen molar-refractivity contribution in [1.29, 1.82) is 0 Å². The van der Waals surface area contributed by atoms with Gasteiger partial charge in [-0.1, -0.05) is 54.6 Å². The van der Waals surface area contributed by atoms with E-state index in [-0.39, 0.29) is 11.8 Å². The number of methoxy groups -OCH3 is 1. The Hall–Kier alpha value is -3.66. The van der Waals surface area contributed by atoms with Crippen molar-refractivity contribution in [2.24, 2.45) is 0 Å². The van der Waals surface area contributed by atoms with Crippen LogP contribution in [0, 0.1) is 0 Å². The highest BCUT2D eigenvalue weighted by molar-refractivity contribution is 6.07. The summed E-state index contributed by atoms with van der Waals surface area (Å²) in [6, 6.07) is 25.6. The molecule has 0 saturated carbocycles. The van der Waals surface area contributed by atoms with Gasteiger partial charge in [-0.05, 0) is 48.9 Å². The van der Waals surface area contributed by atoms with Crippen molar-refractivity contribution >= 4 is 22.9 Å². The Morgan fingerprint density at radius 1 is 1.00 bits per heavy atom. The molecule has 4 rings (SSSR count). The lowest BCUT2D eigenvalue weighted by Gasteiger charge is -2.17. The molecule has 1 heterocycles. The number of para-hydroxylation sites is 2. The van der Waals surface area contributed by atoms with Crippen LogP contribution in [0.2, 0.25) is 0 Å². The lowest BCUT2D eigenvalue weighted by Crippen LogP contribution is -2.08. The van der Waals surface area contributed by atoms with E-state index in [4.69, 9.17) is 9.72 Å². The molecule has 1 aromatic heterocycles. The number of carbonyl (C=O) groups excluding carboxylic acids is 1. The summed E-state index contributed by atoms with van der Waals surface area (Å²) in [7, 11) is 1.59. The van der Waals surface area contributed by atoms with Gasteiger partial charge in [0, 0.05) is 5.56 Å². The molecule has 4 heteroatoms. The van der Waals surface area contributed by atoms with Gasteiger partial charge in [0.2, 0.25) is 0 Å². The summed E-state index contributed by atoms with van der Waals surface area (Å²) in [4.78, 5) is 17.4. The number of aromatic nitrogens is 2. The van der Waals surface area contributed by atoms with E-state index < -0.39 is 0 Å². The molecular weight excluding hydrogens is 360 g/mol. The maximum absolute atomic E-state index is 12.7. The number of benzene rings is 3. The second-order valence-electron chi connectivity index (χ2n) is 6.84. The fraction of sp³-hybridized carbons (Fsp3) is 0.120. The third kappa shape index (κ3) is 3.83. The van der Waals surface area contributed by atoms with E-state index in [1.807, 2.05) is 48.5 Å². The van der Waals surface area contributed by atoms with Crippen LogP contribution in [0.4, 0.5) is 0 Å². The first-order valence-corrected chi connectivity index (χ1v) is 9.56. The third-order valence-corrected chi connectivity index (χ3v) is 5.03. The molecule has 0 fully saturated rings. The summed E-state index contributed by atoms with van der Waals surface area (Å²) in [6.07, 6.45) is 3.37. The second-order valence-corrected chi connectivity index (χ2v) is 6.84. The van der Waals surface area contributed by atoms with Crippen molar-refractivity contribution in [1.82, 2.24) is 9.55 Å². The number of ether oxygens (including phenoxy) is 1. The third-order valence-electron chi connectivity index (χ3n) is 5.03. The molecule has 144 valence electrons. The van der Waals surface area contributed by atoms with Gasteiger partial charge in [-0.2, -0.15) is 0 Å². The summed E-state index contributed by atoms with van der Waals surface area (Å²) in [5, 5.41) is 0. The lowest BCUT2D eigenvalue weighted by atomic mass is 10.1. The van der Waals surface area contributed by atoms with Gasteiger partial charge in [0.1, 0.15) is 11.6 Å². The molecule has 0 aliphatic carbocycles. The number of ketones is 1. The van der Waals surface area contributed by atoms with E-state index in [9.17, 15) is 4.79 Å². The van der Waals surface area contributed by atoms with Crippen LogP contribution in [0.15, 0.2) is 84.9 Å². The summed E-state index contributed by atoms with van der Waals surface area (Å²) in [5.74, 6) is 1.32. The molecule has 1 unspecified atom stereocenters. The second kappa shape index (κ2) is 8.15. The minimum absolute atomic E-state index is 0.0789. The standard InChI is InChI=1S/C25H22N2O2/c1-18(19-9-4-3-5-10-19)27-23-14-7-6-13-22(23)26-25(27)16-15-24(28)20-11-8-12-21(17-20)29-2/h3-18H,1-2H3/b16-15+. The van der Waals surface area contributed by atoms with Gasteiger partial charge >= 0.3 is 0 Å². The number of allylic oxidation sites excluding steroid dienone is 1. The van der Waals surface area contributed by atoms with Gasteiger partial charge in [-0.3, -0.25) is 4.79 Å². The van der Waals surface area contributed by atoms with Crippen molar-refractivity contribution in [2.45, 2.75) is 13.0 Å². The number of carbonyl (C=O) groups is 1.